The van der Waals surface area contributed by atoms with Gasteiger partial charge in [-0.05, 0) is 48.6 Å². The number of carbonyl (C=O) groups excluding carboxylic acids is 1. The number of urea groups is 1. The maximum Gasteiger partial charge on any atom is 0.315 e. The summed E-state index contributed by atoms with van der Waals surface area (Å²) in [5.41, 5.74) is 3.81. The molecule has 0 aliphatic heterocycles. The molecule has 0 fully saturated rings. The van der Waals surface area contributed by atoms with Crippen LogP contribution in [0.1, 0.15) is 48.7 Å². The molecule has 0 saturated carbocycles. The van der Waals surface area contributed by atoms with Crippen LogP contribution in [0.15, 0.2) is 36.5 Å². The molecule has 1 aromatic heterocycles. The van der Waals surface area contributed by atoms with Gasteiger partial charge >= 0.3 is 6.03 Å². The van der Waals surface area contributed by atoms with E-state index in [0.717, 1.165) is 35.2 Å². The van der Waals surface area contributed by atoms with Crippen molar-refractivity contribution < 1.29 is 9.90 Å². The molecule has 1 aliphatic carbocycles. The van der Waals surface area contributed by atoms with Crippen LogP contribution >= 0.6 is 0 Å². The molecule has 2 amide bonds. The van der Waals surface area contributed by atoms with Crippen molar-refractivity contribution in [3.63, 3.8) is 0 Å². The molecule has 1 heterocycles. The van der Waals surface area contributed by atoms with Crippen molar-refractivity contribution in [1.29, 1.82) is 0 Å². The van der Waals surface area contributed by atoms with E-state index in [9.17, 15) is 9.90 Å². The molecule has 132 valence electrons. The SMILES string of the molecule is Cc1cccnc1C(C)(C)CNC(=O)NC1CCc2c(O)cccc21. The Morgan fingerprint density at radius 1 is 1.32 bits per heavy atom. The lowest BCUT2D eigenvalue weighted by Crippen LogP contribution is -2.43. The number of carbonyl (C=O) groups is 1. The van der Waals surface area contributed by atoms with Crippen LogP contribution in [-0.2, 0) is 11.8 Å². The molecular weight excluding hydrogens is 314 g/mol. The molecule has 0 radical (unpaired) electrons. The highest BCUT2D eigenvalue weighted by molar-refractivity contribution is 5.75. The van der Waals surface area contributed by atoms with Gasteiger partial charge in [0.2, 0.25) is 0 Å². The molecule has 0 bridgehead atoms. The molecule has 5 heteroatoms. The third-order valence-electron chi connectivity index (χ3n) is 4.89. The van der Waals surface area contributed by atoms with E-state index in [1.807, 2.05) is 31.2 Å². The van der Waals surface area contributed by atoms with Gasteiger partial charge in [0.15, 0.2) is 0 Å². The molecule has 1 aliphatic rings. The van der Waals surface area contributed by atoms with E-state index in [2.05, 4.69) is 29.5 Å². The van der Waals surface area contributed by atoms with Crippen molar-refractivity contribution in [1.82, 2.24) is 15.6 Å². The number of aryl methyl sites for hydroxylation is 1. The first-order valence-electron chi connectivity index (χ1n) is 8.66. The summed E-state index contributed by atoms with van der Waals surface area (Å²) in [6.07, 6.45) is 3.38. The van der Waals surface area contributed by atoms with Crippen molar-refractivity contribution in [2.24, 2.45) is 0 Å². The summed E-state index contributed by atoms with van der Waals surface area (Å²) in [5, 5.41) is 15.9. The third kappa shape index (κ3) is 3.60. The maximum atomic E-state index is 12.4. The van der Waals surface area contributed by atoms with E-state index in [-0.39, 0.29) is 17.5 Å². The van der Waals surface area contributed by atoms with Crippen LogP contribution in [-0.4, -0.2) is 22.7 Å². The minimum atomic E-state index is -0.255. The normalized spacial score (nSPS) is 16.4. The Morgan fingerprint density at radius 3 is 2.88 bits per heavy atom. The standard InChI is InChI=1S/C20H25N3O2/c1-13-6-5-11-21-18(13)20(2,3)12-22-19(25)23-16-10-9-15-14(16)7-4-8-17(15)24/h4-8,11,16,24H,9-10,12H2,1-3H3,(H2,22,23,25). The molecule has 3 N–H and O–H groups in total. The van der Waals surface area contributed by atoms with Crippen LogP contribution in [0.5, 0.6) is 5.75 Å². The van der Waals surface area contributed by atoms with Crippen LogP contribution in [0.25, 0.3) is 0 Å². The number of nitrogens with zero attached hydrogens (tertiary/aromatic N) is 1. The molecule has 0 spiro atoms. The van der Waals surface area contributed by atoms with Gasteiger partial charge in [-0.3, -0.25) is 4.98 Å². The third-order valence-corrected chi connectivity index (χ3v) is 4.89. The molecular formula is C20H25N3O2. The second-order valence-electron chi connectivity index (χ2n) is 7.32. The van der Waals surface area contributed by atoms with E-state index in [0.29, 0.717) is 12.3 Å². The van der Waals surface area contributed by atoms with Gasteiger partial charge < -0.3 is 15.7 Å². The number of fused-ring (bicyclic) bond motifs is 1. The van der Waals surface area contributed by atoms with E-state index < -0.39 is 0 Å². The monoisotopic (exact) mass is 339 g/mol. The highest BCUT2D eigenvalue weighted by Gasteiger charge is 2.28. The number of phenols is 1. The first-order chi connectivity index (χ1) is 11.9. The van der Waals surface area contributed by atoms with Crippen LogP contribution in [0.3, 0.4) is 0 Å². The van der Waals surface area contributed by atoms with Crippen molar-refractivity contribution in [2.45, 2.75) is 45.1 Å². The summed E-state index contributed by atoms with van der Waals surface area (Å²) in [6, 6.07) is 9.19. The molecule has 1 unspecified atom stereocenters. The van der Waals surface area contributed by atoms with Crippen LogP contribution in [0.2, 0.25) is 0 Å². The first-order valence-corrected chi connectivity index (χ1v) is 8.66. The van der Waals surface area contributed by atoms with Crippen molar-refractivity contribution >= 4 is 6.03 Å². The summed E-state index contributed by atoms with van der Waals surface area (Å²) in [7, 11) is 0. The van der Waals surface area contributed by atoms with Crippen molar-refractivity contribution in [3.05, 3.63) is 58.9 Å². The van der Waals surface area contributed by atoms with E-state index in [1.54, 1.807) is 12.3 Å². The lowest BCUT2D eigenvalue weighted by atomic mass is 9.86. The summed E-state index contributed by atoms with van der Waals surface area (Å²) in [6.45, 7) is 6.68. The molecule has 1 atom stereocenters. The fraction of sp³-hybridized carbons (Fsp3) is 0.400. The Bertz CT molecular complexity index is 786. The topological polar surface area (TPSA) is 74.2 Å². The minimum absolute atomic E-state index is 0.0539. The van der Waals surface area contributed by atoms with Gasteiger partial charge in [-0.1, -0.05) is 32.0 Å². The van der Waals surface area contributed by atoms with Gasteiger partial charge in [-0.25, -0.2) is 4.79 Å². The van der Waals surface area contributed by atoms with Crippen LogP contribution in [0, 0.1) is 6.92 Å². The second-order valence-corrected chi connectivity index (χ2v) is 7.32. The number of aromatic hydroxyl groups is 1. The summed E-state index contributed by atoms with van der Waals surface area (Å²) >= 11 is 0. The van der Waals surface area contributed by atoms with Crippen LogP contribution < -0.4 is 10.6 Å². The highest BCUT2D eigenvalue weighted by Crippen LogP contribution is 2.36. The van der Waals surface area contributed by atoms with Crippen molar-refractivity contribution in [3.8, 4) is 5.75 Å². The first kappa shape index (κ1) is 17.3. The summed E-state index contributed by atoms with van der Waals surface area (Å²) < 4.78 is 0. The number of phenolic OH excluding ortho intramolecular Hbond substituents is 1. The highest BCUT2D eigenvalue weighted by atomic mass is 16.3. The number of pyridine rings is 1. The van der Waals surface area contributed by atoms with E-state index in [1.165, 1.54) is 0 Å². The number of hydrogen-bond donors (Lipinski definition) is 3. The zero-order valence-corrected chi connectivity index (χ0v) is 15.0. The molecule has 25 heavy (non-hydrogen) atoms. The van der Waals surface area contributed by atoms with Gasteiger partial charge in [-0.2, -0.15) is 0 Å². The number of nitrogens with one attached hydrogen (secondary N) is 2. The number of hydrogen-bond acceptors (Lipinski definition) is 3. The predicted octanol–water partition coefficient (Wildman–Crippen LogP) is 3.36. The maximum absolute atomic E-state index is 12.4. The largest absolute Gasteiger partial charge is 0.508 e. The second kappa shape index (κ2) is 6.75. The number of amides is 2. The zero-order chi connectivity index (χ0) is 18.0. The molecule has 2 aromatic rings. The lowest BCUT2D eigenvalue weighted by Gasteiger charge is -2.26. The average molecular weight is 339 g/mol. The minimum Gasteiger partial charge on any atom is -0.508 e. The van der Waals surface area contributed by atoms with Crippen molar-refractivity contribution in [2.75, 3.05) is 6.54 Å². The average Bonchev–Trinajstić information content (AvgIpc) is 2.98. The Morgan fingerprint density at radius 2 is 2.12 bits per heavy atom. The number of rotatable bonds is 4. The fourth-order valence-corrected chi connectivity index (χ4v) is 3.57. The molecule has 3 rings (SSSR count). The van der Waals surface area contributed by atoms with Gasteiger partial charge in [0.1, 0.15) is 5.75 Å². The summed E-state index contributed by atoms with van der Waals surface area (Å²) in [4.78, 5) is 16.8. The van der Waals surface area contributed by atoms with Gasteiger partial charge in [-0.15, -0.1) is 0 Å². The predicted molar refractivity (Wildman–Crippen MR) is 97.7 cm³/mol. The Balaban J connectivity index is 1.61. The Labute approximate surface area is 148 Å². The van der Waals surface area contributed by atoms with E-state index in [4.69, 9.17) is 0 Å². The Hall–Kier alpha value is -2.56. The van der Waals surface area contributed by atoms with Crippen LogP contribution in [0.4, 0.5) is 4.79 Å². The van der Waals surface area contributed by atoms with Gasteiger partial charge in [0.05, 0.1) is 11.7 Å². The number of benzene rings is 1. The number of aromatic nitrogens is 1. The lowest BCUT2D eigenvalue weighted by molar-refractivity contribution is 0.234. The van der Waals surface area contributed by atoms with Gasteiger partial charge in [0, 0.05) is 18.2 Å². The van der Waals surface area contributed by atoms with Gasteiger partial charge in [0.25, 0.3) is 0 Å². The molecule has 0 saturated heterocycles. The molecule has 1 aromatic carbocycles. The Kier molecular flexibility index (Phi) is 4.66. The smallest absolute Gasteiger partial charge is 0.315 e. The quantitative estimate of drug-likeness (QED) is 0.799. The zero-order valence-electron chi connectivity index (χ0n) is 15.0. The molecule has 5 nitrogen and oxygen atoms in total. The summed E-state index contributed by atoms with van der Waals surface area (Å²) in [5.74, 6) is 0.314. The van der Waals surface area contributed by atoms with E-state index >= 15 is 0 Å². The fourth-order valence-electron chi connectivity index (χ4n) is 3.57.